The molecule has 1 fully saturated rings. The first-order valence-corrected chi connectivity index (χ1v) is 14.5. The third kappa shape index (κ3) is 5.62. The van der Waals surface area contributed by atoms with Crippen LogP contribution in [0.4, 0.5) is 0 Å². The number of likely N-dealkylation sites (tertiary alicyclic amines) is 1. The van der Waals surface area contributed by atoms with Gasteiger partial charge in [-0.1, -0.05) is 36.4 Å². The number of hydrogen-bond donors (Lipinski definition) is 1. The molecule has 0 saturated carbocycles. The van der Waals surface area contributed by atoms with E-state index < -0.39 is 0 Å². The van der Waals surface area contributed by atoms with E-state index in [1.165, 1.54) is 16.0 Å². The number of carbonyl (C=O) groups excluding carboxylic acids is 2. The van der Waals surface area contributed by atoms with Gasteiger partial charge in [0.05, 0.1) is 17.5 Å². The molecular formula is C28H31N3O2S2. The molecule has 1 saturated heterocycles. The number of benzene rings is 2. The van der Waals surface area contributed by atoms with Crippen molar-refractivity contribution in [3.63, 3.8) is 0 Å². The van der Waals surface area contributed by atoms with Crippen molar-refractivity contribution in [1.29, 1.82) is 0 Å². The lowest BCUT2D eigenvalue weighted by Gasteiger charge is -2.31. The minimum absolute atomic E-state index is 0.0591. The molecule has 0 radical (unpaired) electrons. The molecule has 182 valence electrons. The van der Waals surface area contributed by atoms with E-state index >= 15 is 0 Å². The molecule has 7 heteroatoms. The van der Waals surface area contributed by atoms with Gasteiger partial charge in [-0.2, -0.15) is 0 Å². The second-order valence-electron chi connectivity index (χ2n) is 9.37. The van der Waals surface area contributed by atoms with Gasteiger partial charge in [0.2, 0.25) is 5.91 Å². The van der Waals surface area contributed by atoms with Crippen molar-refractivity contribution < 1.29 is 9.59 Å². The van der Waals surface area contributed by atoms with E-state index in [9.17, 15) is 9.59 Å². The number of aryl methyl sites for hydroxylation is 1. The van der Waals surface area contributed by atoms with Gasteiger partial charge < -0.3 is 10.2 Å². The molecule has 0 spiro atoms. The molecule has 2 aliphatic rings. The van der Waals surface area contributed by atoms with Crippen LogP contribution >= 0.6 is 23.1 Å². The zero-order chi connectivity index (χ0) is 24.2. The van der Waals surface area contributed by atoms with E-state index in [2.05, 4.69) is 41.9 Å². The number of nitrogens with zero attached hydrogens (tertiary/aromatic N) is 2. The summed E-state index contributed by atoms with van der Waals surface area (Å²) < 4.78 is 0. The van der Waals surface area contributed by atoms with Crippen LogP contribution in [0, 0.1) is 0 Å². The maximum atomic E-state index is 13.0. The predicted octanol–water partition coefficient (Wildman–Crippen LogP) is 5.62. The first-order chi connectivity index (χ1) is 17.1. The predicted molar refractivity (Wildman–Crippen MR) is 142 cm³/mol. The highest BCUT2D eigenvalue weighted by molar-refractivity contribution is 7.98. The number of piperidine rings is 1. The van der Waals surface area contributed by atoms with Crippen LogP contribution < -0.4 is 5.32 Å². The summed E-state index contributed by atoms with van der Waals surface area (Å²) in [5, 5.41) is 6.11. The molecule has 35 heavy (non-hydrogen) atoms. The molecule has 1 N–H and O–H groups in total. The highest BCUT2D eigenvalue weighted by Crippen LogP contribution is 2.32. The van der Waals surface area contributed by atoms with E-state index in [4.69, 9.17) is 4.98 Å². The molecule has 2 heterocycles. The van der Waals surface area contributed by atoms with E-state index in [-0.39, 0.29) is 17.9 Å². The lowest BCUT2D eigenvalue weighted by molar-refractivity contribution is -0.131. The minimum atomic E-state index is -0.0886. The standard InChI is InChI=1S/C28H31N3O2S2/c1-34-22-11-9-19(10-12-22)17-26(32)31-15-13-21(14-16-31)28-30-25(18-35-28)27(33)29-24-8-4-6-20-5-2-3-7-23(20)24/h2-3,5,7,9-12,18,21,24H,4,6,8,13-17H2,1H3,(H,29,33). The largest absolute Gasteiger partial charge is 0.344 e. The molecule has 1 aliphatic heterocycles. The Morgan fingerprint density at radius 2 is 1.86 bits per heavy atom. The van der Waals surface area contributed by atoms with Gasteiger partial charge in [-0.15, -0.1) is 23.1 Å². The number of fused-ring (bicyclic) bond motifs is 1. The van der Waals surface area contributed by atoms with Gasteiger partial charge in [-0.25, -0.2) is 4.98 Å². The second-order valence-corrected chi connectivity index (χ2v) is 11.1. The number of hydrogen-bond acceptors (Lipinski definition) is 5. The average molecular weight is 506 g/mol. The summed E-state index contributed by atoms with van der Waals surface area (Å²) in [7, 11) is 0. The van der Waals surface area contributed by atoms with Crippen LogP contribution in [0.5, 0.6) is 0 Å². The van der Waals surface area contributed by atoms with Crippen molar-refractivity contribution in [1.82, 2.24) is 15.2 Å². The SMILES string of the molecule is CSc1ccc(CC(=O)N2CCC(c3nc(C(=O)NC4CCCc5ccccc54)cs3)CC2)cc1. The first-order valence-electron chi connectivity index (χ1n) is 12.4. The maximum absolute atomic E-state index is 13.0. The molecule has 1 aliphatic carbocycles. The molecule has 1 atom stereocenters. The summed E-state index contributed by atoms with van der Waals surface area (Å²) >= 11 is 3.28. The minimum Gasteiger partial charge on any atom is -0.344 e. The van der Waals surface area contributed by atoms with Gasteiger partial charge in [0, 0.05) is 29.3 Å². The normalized spacial score (nSPS) is 18.2. The number of thiazole rings is 1. The zero-order valence-corrected chi connectivity index (χ0v) is 21.7. The van der Waals surface area contributed by atoms with E-state index in [0.717, 1.165) is 55.8 Å². The van der Waals surface area contributed by atoms with Crippen LogP contribution in [0.15, 0.2) is 58.8 Å². The topological polar surface area (TPSA) is 62.3 Å². The summed E-state index contributed by atoms with van der Waals surface area (Å²) in [5.41, 5.74) is 4.15. The van der Waals surface area contributed by atoms with E-state index in [0.29, 0.717) is 18.0 Å². The highest BCUT2D eigenvalue weighted by atomic mass is 32.2. The second kappa shape index (κ2) is 11.0. The van der Waals surface area contributed by atoms with Gasteiger partial charge in [0.15, 0.2) is 0 Å². The van der Waals surface area contributed by atoms with Crippen molar-refractivity contribution >= 4 is 34.9 Å². The Hall–Kier alpha value is -2.64. The zero-order valence-electron chi connectivity index (χ0n) is 20.0. The van der Waals surface area contributed by atoms with Crippen molar-refractivity contribution in [3.8, 4) is 0 Å². The summed E-state index contributed by atoms with van der Waals surface area (Å²) in [6.07, 6.45) is 7.42. The van der Waals surface area contributed by atoms with E-state index in [1.807, 2.05) is 28.5 Å². The monoisotopic (exact) mass is 505 g/mol. The van der Waals surface area contributed by atoms with Crippen LogP contribution in [0.3, 0.4) is 0 Å². The number of aromatic nitrogens is 1. The molecule has 1 aromatic heterocycles. The summed E-state index contributed by atoms with van der Waals surface area (Å²) in [4.78, 5) is 33.6. The molecular weight excluding hydrogens is 474 g/mol. The van der Waals surface area contributed by atoms with Crippen molar-refractivity contribution in [2.24, 2.45) is 0 Å². The fraction of sp³-hybridized carbons (Fsp3) is 0.393. The van der Waals surface area contributed by atoms with Crippen molar-refractivity contribution in [2.75, 3.05) is 19.3 Å². The van der Waals surface area contributed by atoms with Crippen LogP contribution in [0.1, 0.15) is 69.8 Å². The Balaban J connectivity index is 1.14. The Kier molecular flexibility index (Phi) is 7.54. The molecule has 2 aromatic carbocycles. The third-order valence-electron chi connectivity index (χ3n) is 7.14. The molecule has 0 bridgehead atoms. The number of amides is 2. The summed E-state index contributed by atoms with van der Waals surface area (Å²) in [6, 6.07) is 16.7. The quantitative estimate of drug-likeness (QED) is 0.442. The van der Waals surface area contributed by atoms with Gasteiger partial charge >= 0.3 is 0 Å². The van der Waals surface area contributed by atoms with Gasteiger partial charge in [-0.3, -0.25) is 9.59 Å². The number of rotatable bonds is 6. The highest BCUT2D eigenvalue weighted by Gasteiger charge is 2.27. The molecule has 5 nitrogen and oxygen atoms in total. The number of carbonyl (C=O) groups is 2. The Bertz CT molecular complexity index is 1180. The molecule has 2 amide bonds. The Labute approximate surface area is 215 Å². The van der Waals surface area contributed by atoms with Crippen molar-refractivity contribution in [3.05, 3.63) is 81.3 Å². The number of thioether (sulfide) groups is 1. The van der Waals surface area contributed by atoms with Crippen LogP contribution in [0.25, 0.3) is 0 Å². The van der Waals surface area contributed by atoms with Crippen LogP contribution in [-0.2, 0) is 17.6 Å². The summed E-state index contributed by atoms with van der Waals surface area (Å²) in [5.74, 6) is 0.406. The summed E-state index contributed by atoms with van der Waals surface area (Å²) in [6.45, 7) is 1.48. The maximum Gasteiger partial charge on any atom is 0.271 e. The average Bonchev–Trinajstić information content (AvgIpc) is 3.40. The lowest BCUT2D eigenvalue weighted by atomic mass is 9.88. The smallest absolute Gasteiger partial charge is 0.271 e. The van der Waals surface area contributed by atoms with E-state index in [1.54, 1.807) is 23.1 Å². The van der Waals surface area contributed by atoms with Crippen LogP contribution in [0.2, 0.25) is 0 Å². The lowest BCUT2D eigenvalue weighted by Crippen LogP contribution is -2.38. The first kappa shape index (κ1) is 24.1. The number of nitrogens with one attached hydrogen (secondary N) is 1. The molecule has 5 rings (SSSR count). The van der Waals surface area contributed by atoms with Gasteiger partial charge in [-0.05, 0) is 67.2 Å². The van der Waals surface area contributed by atoms with Crippen LogP contribution in [-0.4, -0.2) is 41.0 Å². The fourth-order valence-corrected chi connectivity index (χ4v) is 6.50. The molecule has 1 unspecified atom stereocenters. The Morgan fingerprint density at radius 1 is 1.09 bits per heavy atom. The van der Waals surface area contributed by atoms with Gasteiger partial charge in [0.1, 0.15) is 5.69 Å². The molecule has 3 aromatic rings. The third-order valence-corrected chi connectivity index (χ3v) is 8.89. The fourth-order valence-electron chi connectivity index (χ4n) is 5.12. The van der Waals surface area contributed by atoms with Gasteiger partial charge in [0.25, 0.3) is 5.91 Å². The Morgan fingerprint density at radius 3 is 2.63 bits per heavy atom. The van der Waals surface area contributed by atoms with Crippen molar-refractivity contribution in [2.45, 2.75) is 55.4 Å².